The van der Waals surface area contributed by atoms with Crippen LogP contribution in [-0.4, -0.2) is 50.9 Å². The number of alkyl halides is 3. The van der Waals surface area contributed by atoms with E-state index in [4.69, 9.17) is 9.47 Å². The number of carbonyl (C=O) groups excluding carboxylic acids is 2. The largest absolute Gasteiger partial charge is 0.573 e. The Morgan fingerprint density at radius 3 is 2.07 bits per heavy atom. The Bertz CT molecular complexity index is 894. The molecule has 2 aromatic rings. The molecule has 11 heteroatoms. The Balaban J connectivity index is 2.02. The minimum atomic E-state index is -4.80. The number of rotatable bonds is 7. The van der Waals surface area contributed by atoms with Crippen LogP contribution >= 0.6 is 15.9 Å². The summed E-state index contributed by atoms with van der Waals surface area (Å²) in [7, 11) is 4.31. The zero-order chi connectivity index (χ0) is 22.5. The Kier molecular flexibility index (Phi) is 7.54. The third kappa shape index (κ3) is 6.28. The van der Waals surface area contributed by atoms with Gasteiger partial charge in [0.15, 0.2) is 0 Å². The summed E-state index contributed by atoms with van der Waals surface area (Å²) in [5.74, 6) is -0.631. The van der Waals surface area contributed by atoms with E-state index in [0.717, 1.165) is 12.1 Å². The van der Waals surface area contributed by atoms with E-state index in [1.54, 1.807) is 0 Å². The first-order chi connectivity index (χ1) is 14.0. The average molecular weight is 491 g/mol. The highest BCUT2D eigenvalue weighted by atomic mass is 79.9. The number of benzene rings is 2. The summed E-state index contributed by atoms with van der Waals surface area (Å²) in [5.41, 5.74) is 0.498. The molecular weight excluding hydrogens is 473 g/mol. The molecule has 0 heterocycles. The molecule has 0 saturated heterocycles. The number of anilines is 1. The summed E-state index contributed by atoms with van der Waals surface area (Å²) in [6.45, 7) is -0.291. The Morgan fingerprint density at radius 2 is 1.60 bits per heavy atom. The monoisotopic (exact) mass is 490 g/mol. The molecule has 0 aromatic heterocycles. The van der Waals surface area contributed by atoms with Crippen molar-refractivity contribution in [2.45, 2.75) is 6.36 Å². The smallest absolute Gasteiger partial charge is 0.495 e. The van der Waals surface area contributed by atoms with E-state index in [1.807, 2.05) is 0 Å². The van der Waals surface area contributed by atoms with Crippen molar-refractivity contribution in [2.75, 3.05) is 33.1 Å². The number of halogens is 4. The third-order valence-electron chi connectivity index (χ3n) is 3.79. The number of hydrogen-bond donors (Lipinski definition) is 1. The lowest BCUT2D eigenvalue weighted by molar-refractivity contribution is -0.274. The zero-order valence-electron chi connectivity index (χ0n) is 16.2. The van der Waals surface area contributed by atoms with Gasteiger partial charge in [-0.05, 0) is 52.3 Å². The number of nitrogens with zero attached hydrogens (tertiary/aromatic N) is 1. The SMILES string of the molecule is COc1cc(C(=O)N(C)CC(=O)Nc2ccc(OC(F)(F)F)cc2)cc(OC)c1Br. The van der Waals surface area contributed by atoms with E-state index in [1.165, 1.54) is 50.4 Å². The molecule has 0 fully saturated rings. The van der Waals surface area contributed by atoms with Gasteiger partial charge in [-0.3, -0.25) is 9.59 Å². The van der Waals surface area contributed by atoms with Crippen LogP contribution in [0.5, 0.6) is 17.2 Å². The second-order valence-corrected chi connectivity index (χ2v) is 6.77. The van der Waals surface area contributed by atoms with Crippen molar-refractivity contribution in [1.29, 1.82) is 0 Å². The van der Waals surface area contributed by atoms with Crippen molar-refractivity contribution in [3.8, 4) is 17.2 Å². The predicted octanol–water partition coefficient (Wildman–Crippen LogP) is 4.08. The molecule has 0 aliphatic carbocycles. The molecule has 0 unspecified atom stereocenters. The molecule has 0 bridgehead atoms. The van der Waals surface area contributed by atoms with E-state index in [-0.39, 0.29) is 17.8 Å². The van der Waals surface area contributed by atoms with Gasteiger partial charge in [0.1, 0.15) is 21.7 Å². The van der Waals surface area contributed by atoms with Gasteiger partial charge < -0.3 is 24.4 Å². The molecule has 0 saturated carbocycles. The van der Waals surface area contributed by atoms with Crippen LogP contribution in [-0.2, 0) is 4.79 Å². The maximum absolute atomic E-state index is 12.7. The maximum Gasteiger partial charge on any atom is 0.573 e. The number of methoxy groups -OCH3 is 2. The fraction of sp³-hybridized carbons (Fsp3) is 0.263. The number of hydrogen-bond acceptors (Lipinski definition) is 5. The van der Waals surface area contributed by atoms with Gasteiger partial charge in [-0.25, -0.2) is 0 Å². The predicted molar refractivity (Wildman–Crippen MR) is 106 cm³/mol. The van der Waals surface area contributed by atoms with Crippen molar-refractivity contribution < 1.29 is 37.0 Å². The fourth-order valence-electron chi connectivity index (χ4n) is 2.44. The van der Waals surface area contributed by atoms with Gasteiger partial charge in [0, 0.05) is 18.3 Å². The number of nitrogens with one attached hydrogen (secondary N) is 1. The van der Waals surface area contributed by atoms with Crippen molar-refractivity contribution in [3.05, 3.63) is 46.4 Å². The van der Waals surface area contributed by atoms with Gasteiger partial charge in [0.2, 0.25) is 5.91 Å². The van der Waals surface area contributed by atoms with Crippen LogP contribution in [0.1, 0.15) is 10.4 Å². The first kappa shape index (κ1) is 23.3. The molecule has 0 aliphatic heterocycles. The highest BCUT2D eigenvalue weighted by molar-refractivity contribution is 9.10. The molecule has 30 heavy (non-hydrogen) atoms. The summed E-state index contributed by atoms with van der Waals surface area (Å²) in [4.78, 5) is 26.0. The van der Waals surface area contributed by atoms with Crippen molar-refractivity contribution in [3.63, 3.8) is 0 Å². The molecule has 2 aromatic carbocycles. The van der Waals surface area contributed by atoms with Gasteiger partial charge in [0.05, 0.1) is 20.8 Å². The van der Waals surface area contributed by atoms with E-state index >= 15 is 0 Å². The lowest BCUT2D eigenvalue weighted by Crippen LogP contribution is -2.35. The molecule has 2 amide bonds. The first-order valence-electron chi connectivity index (χ1n) is 8.36. The average Bonchev–Trinajstić information content (AvgIpc) is 2.67. The zero-order valence-corrected chi connectivity index (χ0v) is 17.8. The summed E-state index contributed by atoms with van der Waals surface area (Å²) < 4.78 is 51.3. The van der Waals surface area contributed by atoms with Crippen LogP contribution in [0.25, 0.3) is 0 Å². The van der Waals surface area contributed by atoms with Crippen molar-refractivity contribution in [1.82, 2.24) is 4.90 Å². The lowest BCUT2D eigenvalue weighted by atomic mass is 10.1. The maximum atomic E-state index is 12.7. The van der Waals surface area contributed by atoms with Gasteiger partial charge >= 0.3 is 6.36 Å². The van der Waals surface area contributed by atoms with Gasteiger partial charge in [-0.1, -0.05) is 0 Å². The number of likely N-dealkylation sites (N-methyl/N-ethyl adjacent to an activating group) is 1. The molecule has 0 spiro atoms. The van der Waals surface area contributed by atoms with Gasteiger partial charge in [0.25, 0.3) is 5.91 Å². The number of amides is 2. The Morgan fingerprint density at radius 1 is 1.07 bits per heavy atom. The van der Waals surface area contributed by atoms with E-state index in [2.05, 4.69) is 26.0 Å². The molecule has 0 atom stereocenters. The van der Waals surface area contributed by atoms with Crippen LogP contribution in [0.2, 0.25) is 0 Å². The van der Waals surface area contributed by atoms with Gasteiger partial charge in [-0.15, -0.1) is 13.2 Å². The van der Waals surface area contributed by atoms with Crippen LogP contribution in [0.3, 0.4) is 0 Å². The first-order valence-corrected chi connectivity index (χ1v) is 9.16. The molecule has 0 aliphatic rings. The lowest BCUT2D eigenvalue weighted by Gasteiger charge is -2.18. The number of ether oxygens (including phenoxy) is 3. The Labute approximate surface area is 178 Å². The van der Waals surface area contributed by atoms with E-state index < -0.39 is 23.9 Å². The molecule has 2 rings (SSSR count). The van der Waals surface area contributed by atoms with Crippen LogP contribution in [0, 0.1) is 0 Å². The van der Waals surface area contributed by atoms with Crippen molar-refractivity contribution >= 4 is 33.4 Å². The van der Waals surface area contributed by atoms with Crippen LogP contribution in [0.4, 0.5) is 18.9 Å². The second-order valence-electron chi connectivity index (χ2n) is 5.98. The molecular formula is C19H18BrF3N2O5. The van der Waals surface area contributed by atoms with Crippen LogP contribution in [0.15, 0.2) is 40.9 Å². The Hall–Kier alpha value is -2.95. The van der Waals surface area contributed by atoms with E-state index in [0.29, 0.717) is 16.0 Å². The van der Waals surface area contributed by atoms with Gasteiger partial charge in [-0.2, -0.15) is 0 Å². The van der Waals surface area contributed by atoms with Crippen LogP contribution < -0.4 is 19.5 Å². The molecule has 1 N–H and O–H groups in total. The standard InChI is InChI=1S/C19H18BrF3N2O5/c1-25(18(27)11-8-14(28-2)17(20)15(9-11)29-3)10-16(26)24-12-4-6-13(7-5-12)30-19(21,22)23/h4-9H,10H2,1-3H3,(H,24,26). The highest BCUT2D eigenvalue weighted by Gasteiger charge is 2.31. The molecule has 0 radical (unpaired) electrons. The van der Waals surface area contributed by atoms with Crippen molar-refractivity contribution in [2.24, 2.45) is 0 Å². The summed E-state index contributed by atoms with van der Waals surface area (Å²) in [6, 6.07) is 7.65. The summed E-state index contributed by atoms with van der Waals surface area (Å²) >= 11 is 3.31. The second kappa shape index (κ2) is 9.70. The minimum Gasteiger partial charge on any atom is -0.495 e. The fourth-order valence-corrected chi connectivity index (χ4v) is 2.99. The topological polar surface area (TPSA) is 77.1 Å². The highest BCUT2D eigenvalue weighted by Crippen LogP contribution is 2.35. The van der Waals surface area contributed by atoms with E-state index in [9.17, 15) is 22.8 Å². The summed E-state index contributed by atoms with van der Waals surface area (Å²) in [5, 5.41) is 2.50. The normalized spacial score (nSPS) is 10.9. The summed E-state index contributed by atoms with van der Waals surface area (Å²) in [6.07, 6.45) is -4.80. The minimum absolute atomic E-state index is 0.246. The third-order valence-corrected chi connectivity index (χ3v) is 4.57. The molecule has 162 valence electrons. The molecule has 7 nitrogen and oxygen atoms in total. The number of carbonyl (C=O) groups is 2. The quantitative estimate of drug-likeness (QED) is 0.632.